The van der Waals surface area contributed by atoms with E-state index in [1.54, 1.807) is 29.6 Å². The van der Waals surface area contributed by atoms with Crippen LogP contribution in [0.5, 0.6) is 5.75 Å². The predicted molar refractivity (Wildman–Crippen MR) is 104 cm³/mol. The van der Waals surface area contributed by atoms with Crippen molar-refractivity contribution in [3.63, 3.8) is 0 Å². The Bertz CT molecular complexity index is 1160. The lowest BCUT2D eigenvalue weighted by atomic mass is 10.2. The molecule has 4 rings (SSSR count). The third kappa shape index (κ3) is 2.93. The number of benzene rings is 1. The number of ether oxygens (including phenoxy) is 1. The molecule has 0 fully saturated rings. The molecular formula is C17H14BrN5O2S. The monoisotopic (exact) mass is 431 g/mol. The highest BCUT2D eigenvalue weighted by Gasteiger charge is 2.13. The Morgan fingerprint density at radius 2 is 2.19 bits per heavy atom. The number of aryl methyl sites for hydroxylation is 1. The molecule has 3 heterocycles. The average Bonchev–Trinajstić information content (AvgIpc) is 3.25. The zero-order chi connectivity index (χ0) is 18.3. The number of halogens is 1. The summed E-state index contributed by atoms with van der Waals surface area (Å²) in [6, 6.07) is 5.79. The van der Waals surface area contributed by atoms with Crippen LogP contribution in [0.15, 0.2) is 45.4 Å². The van der Waals surface area contributed by atoms with Crippen molar-refractivity contribution >= 4 is 38.3 Å². The molecule has 0 saturated heterocycles. The largest absolute Gasteiger partial charge is 0.496 e. The van der Waals surface area contributed by atoms with E-state index in [1.165, 1.54) is 17.7 Å². The Kier molecular flexibility index (Phi) is 4.33. The molecule has 0 aliphatic heterocycles. The molecule has 1 aromatic carbocycles. The summed E-state index contributed by atoms with van der Waals surface area (Å²) in [5.74, 6) is 0.754. The highest BCUT2D eigenvalue weighted by Crippen LogP contribution is 2.34. The molecule has 7 nitrogen and oxygen atoms in total. The van der Waals surface area contributed by atoms with Crippen LogP contribution in [0.1, 0.15) is 5.69 Å². The summed E-state index contributed by atoms with van der Waals surface area (Å²) in [5.41, 5.74) is 2.15. The molecule has 4 aromatic rings. The maximum atomic E-state index is 12.6. The van der Waals surface area contributed by atoms with Gasteiger partial charge >= 0.3 is 0 Å². The van der Waals surface area contributed by atoms with Crippen LogP contribution in [0.25, 0.3) is 21.6 Å². The predicted octanol–water partition coefficient (Wildman–Crippen LogP) is 3.07. The van der Waals surface area contributed by atoms with E-state index in [1.807, 2.05) is 23.6 Å². The number of thiazole rings is 1. The summed E-state index contributed by atoms with van der Waals surface area (Å²) in [6.45, 7) is 0.351. The van der Waals surface area contributed by atoms with Gasteiger partial charge in [0.1, 0.15) is 22.5 Å². The van der Waals surface area contributed by atoms with Gasteiger partial charge in [-0.25, -0.2) is 9.97 Å². The van der Waals surface area contributed by atoms with Gasteiger partial charge in [-0.2, -0.15) is 5.10 Å². The molecule has 0 saturated carbocycles. The van der Waals surface area contributed by atoms with Crippen LogP contribution in [0.2, 0.25) is 0 Å². The number of hydrogen-bond acceptors (Lipinski definition) is 6. The minimum Gasteiger partial charge on any atom is -0.496 e. The zero-order valence-electron chi connectivity index (χ0n) is 14.0. The Hall–Kier alpha value is -2.52. The van der Waals surface area contributed by atoms with Gasteiger partial charge in [-0.15, -0.1) is 11.3 Å². The van der Waals surface area contributed by atoms with Gasteiger partial charge in [0, 0.05) is 16.9 Å². The quantitative estimate of drug-likeness (QED) is 0.496. The lowest BCUT2D eigenvalue weighted by molar-refractivity contribution is 0.416. The first-order valence-electron chi connectivity index (χ1n) is 7.72. The molecule has 0 aliphatic rings. The van der Waals surface area contributed by atoms with Crippen LogP contribution in [-0.4, -0.2) is 31.4 Å². The SMILES string of the molecule is COc1ccc(Br)cc1-c1nc(Cn2cnc3c(cnn3C)c2=O)cs1. The maximum Gasteiger partial charge on any atom is 0.264 e. The normalized spacial score (nSPS) is 11.2. The van der Waals surface area contributed by atoms with Crippen molar-refractivity contribution < 1.29 is 4.74 Å². The van der Waals surface area contributed by atoms with Crippen molar-refractivity contribution in [2.24, 2.45) is 7.05 Å². The fourth-order valence-electron chi connectivity index (χ4n) is 2.70. The molecule has 132 valence electrons. The lowest BCUT2D eigenvalue weighted by Gasteiger charge is -2.06. The maximum absolute atomic E-state index is 12.6. The number of hydrogen-bond donors (Lipinski definition) is 0. The zero-order valence-corrected chi connectivity index (χ0v) is 16.4. The fraction of sp³-hybridized carbons (Fsp3) is 0.176. The Labute approximate surface area is 161 Å². The van der Waals surface area contributed by atoms with Crippen LogP contribution < -0.4 is 10.3 Å². The van der Waals surface area contributed by atoms with E-state index < -0.39 is 0 Å². The third-order valence-corrected chi connectivity index (χ3v) is 5.41. The standard InChI is InChI=1S/C17H14BrN5O2S/c1-22-15-13(6-20-22)17(24)23(9-19-15)7-11-8-26-16(21-11)12-5-10(18)3-4-14(12)25-2/h3-6,8-9H,7H2,1-2H3. The average molecular weight is 432 g/mol. The molecule has 0 spiro atoms. The van der Waals surface area contributed by atoms with E-state index >= 15 is 0 Å². The first kappa shape index (κ1) is 16.9. The number of aromatic nitrogens is 5. The van der Waals surface area contributed by atoms with E-state index in [-0.39, 0.29) is 5.56 Å². The fourth-order valence-corrected chi connectivity index (χ4v) is 3.90. The molecule has 0 bridgehead atoms. The molecule has 26 heavy (non-hydrogen) atoms. The second kappa shape index (κ2) is 6.65. The van der Waals surface area contributed by atoms with E-state index in [9.17, 15) is 4.79 Å². The molecule has 0 radical (unpaired) electrons. The van der Waals surface area contributed by atoms with E-state index in [4.69, 9.17) is 4.74 Å². The van der Waals surface area contributed by atoms with Crippen molar-refractivity contribution in [2.45, 2.75) is 6.54 Å². The summed E-state index contributed by atoms with van der Waals surface area (Å²) in [4.78, 5) is 21.6. The first-order valence-corrected chi connectivity index (χ1v) is 9.39. The van der Waals surface area contributed by atoms with E-state index in [2.05, 4.69) is 31.0 Å². The van der Waals surface area contributed by atoms with Crippen LogP contribution >= 0.6 is 27.3 Å². The Morgan fingerprint density at radius 1 is 1.35 bits per heavy atom. The topological polar surface area (TPSA) is 74.8 Å². The first-order chi connectivity index (χ1) is 12.6. The summed E-state index contributed by atoms with van der Waals surface area (Å²) >= 11 is 4.99. The molecular weight excluding hydrogens is 418 g/mol. The van der Waals surface area contributed by atoms with Gasteiger partial charge in [0.2, 0.25) is 0 Å². The van der Waals surface area contributed by atoms with E-state index in [0.29, 0.717) is 17.6 Å². The molecule has 0 unspecified atom stereocenters. The number of nitrogens with zero attached hydrogens (tertiary/aromatic N) is 5. The number of rotatable bonds is 4. The highest BCUT2D eigenvalue weighted by atomic mass is 79.9. The molecule has 0 N–H and O–H groups in total. The van der Waals surface area contributed by atoms with Crippen molar-refractivity contribution in [3.8, 4) is 16.3 Å². The summed E-state index contributed by atoms with van der Waals surface area (Å²) in [5, 5.41) is 7.36. The highest BCUT2D eigenvalue weighted by molar-refractivity contribution is 9.10. The van der Waals surface area contributed by atoms with Crippen LogP contribution in [0, 0.1) is 0 Å². The number of methoxy groups -OCH3 is 1. The molecule has 0 aliphatic carbocycles. The van der Waals surface area contributed by atoms with Crippen LogP contribution in [0.4, 0.5) is 0 Å². The van der Waals surface area contributed by atoms with Gasteiger partial charge in [0.05, 0.1) is 31.1 Å². The van der Waals surface area contributed by atoms with Crippen molar-refractivity contribution in [1.29, 1.82) is 0 Å². The second-order valence-corrected chi connectivity index (χ2v) is 7.45. The van der Waals surface area contributed by atoms with Crippen molar-refractivity contribution in [1.82, 2.24) is 24.3 Å². The van der Waals surface area contributed by atoms with E-state index in [0.717, 1.165) is 26.5 Å². The Balaban J connectivity index is 1.69. The van der Waals surface area contributed by atoms with Gasteiger partial charge < -0.3 is 4.74 Å². The van der Waals surface area contributed by atoms with Gasteiger partial charge in [-0.1, -0.05) is 15.9 Å². The summed E-state index contributed by atoms with van der Waals surface area (Å²) in [7, 11) is 3.40. The minimum atomic E-state index is -0.127. The van der Waals surface area contributed by atoms with Gasteiger partial charge in [0.25, 0.3) is 5.56 Å². The van der Waals surface area contributed by atoms with Crippen molar-refractivity contribution in [3.05, 3.63) is 56.6 Å². The molecule has 3 aromatic heterocycles. The second-order valence-electron chi connectivity index (χ2n) is 5.67. The van der Waals surface area contributed by atoms with Gasteiger partial charge in [-0.05, 0) is 18.2 Å². The van der Waals surface area contributed by atoms with Crippen LogP contribution in [-0.2, 0) is 13.6 Å². The lowest BCUT2D eigenvalue weighted by Crippen LogP contribution is -2.21. The molecule has 0 amide bonds. The Morgan fingerprint density at radius 3 is 3.00 bits per heavy atom. The number of fused-ring (bicyclic) bond motifs is 1. The molecule has 0 atom stereocenters. The smallest absolute Gasteiger partial charge is 0.264 e. The summed E-state index contributed by atoms with van der Waals surface area (Å²) in [6.07, 6.45) is 3.07. The van der Waals surface area contributed by atoms with Gasteiger partial charge in [0.15, 0.2) is 5.65 Å². The third-order valence-electron chi connectivity index (χ3n) is 3.99. The van der Waals surface area contributed by atoms with Crippen LogP contribution in [0.3, 0.4) is 0 Å². The minimum absolute atomic E-state index is 0.127. The molecule has 9 heteroatoms. The van der Waals surface area contributed by atoms with Gasteiger partial charge in [-0.3, -0.25) is 14.0 Å². The van der Waals surface area contributed by atoms with Crippen molar-refractivity contribution in [2.75, 3.05) is 7.11 Å². The summed E-state index contributed by atoms with van der Waals surface area (Å²) < 4.78 is 9.50.